The Bertz CT molecular complexity index is 461. The largest absolute Gasteiger partial charge is 0.340 e. The second kappa shape index (κ2) is 6.86. The third-order valence-corrected chi connectivity index (χ3v) is 4.07. The summed E-state index contributed by atoms with van der Waals surface area (Å²) < 4.78 is 0. The van der Waals surface area contributed by atoms with Crippen LogP contribution in [0.2, 0.25) is 0 Å². The Morgan fingerprint density at radius 3 is 2.90 bits per heavy atom. The highest BCUT2D eigenvalue weighted by atomic mass is 16.2. The van der Waals surface area contributed by atoms with Crippen LogP contribution in [0.1, 0.15) is 18.1 Å². The van der Waals surface area contributed by atoms with Gasteiger partial charge in [0.05, 0.1) is 6.54 Å². The number of rotatable bonds is 4. The lowest BCUT2D eigenvalue weighted by Gasteiger charge is -2.34. The van der Waals surface area contributed by atoms with E-state index >= 15 is 0 Å². The summed E-state index contributed by atoms with van der Waals surface area (Å²) in [5.41, 5.74) is 2.46. The summed E-state index contributed by atoms with van der Waals surface area (Å²) in [4.78, 5) is 16.4. The van der Waals surface area contributed by atoms with E-state index in [0.717, 1.165) is 19.6 Å². The van der Waals surface area contributed by atoms with Crippen LogP contribution < -0.4 is 5.32 Å². The molecule has 1 saturated heterocycles. The van der Waals surface area contributed by atoms with E-state index in [2.05, 4.69) is 36.2 Å². The quantitative estimate of drug-likeness (QED) is 0.898. The summed E-state index contributed by atoms with van der Waals surface area (Å²) in [6.45, 7) is 8.35. The molecule has 1 unspecified atom stereocenters. The average molecular weight is 275 g/mol. The van der Waals surface area contributed by atoms with Crippen LogP contribution >= 0.6 is 0 Å². The van der Waals surface area contributed by atoms with Gasteiger partial charge in [0.2, 0.25) is 5.91 Å². The molecule has 1 aromatic carbocycles. The fraction of sp³-hybridized carbons (Fsp3) is 0.562. The minimum atomic E-state index is 0.196. The number of nitrogens with zero attached hydrogens (tertiary/aromatic N) is 2. The summed E-state index contributed by atoms with van der Waals surface area (Å²) in [5.74, 6) is 0.196. The fourth-order valence-electron chi connectivity index (χ4n) is 2.54. The fourth-order valence-corrected chi connectivity index (χ4v) is 2.54. The molecule has 1 N–H and O–H groups in total. The van der Waals surface area contributed by atoms with Gasteiger partial charge >= 0.3 is 0 Å². The van der Waals surface area contributed by atoms with Crippen molar-refractivity contribution in [2.24, 2.45) is 0 Å². The SMILES string of the molecule is Cc1ccccc1CN(C)C(=O)CN1CCNCC1C. The predicted octanol–water partition coefficient (Wildman–Crippen LogP) is 1.25. The van der Waals surface area contributed by atoms with Crippen molar-refractivity contribution in [1.82, 2.24) is 15.1 Å². The van der Waals surface area contributed by atoms with Crippen LogP contribution in [0.4, 0.5) is 0 Å². The molecule has 1 fully saturated rings. The van der Waals surface area contributed by atoms with E-state index in [1.807, 2.05) is 24.1 Å². The Morgan fingerprint density at radius 2 is 2.20 bits per heavy atom. The molecule has 1 aliphatic heterocycles. The Hall–Kier alpha value is -1.39. The van der Waals surface area contributed by atoms with E-state index < -0.39 is 0 Å². The zero-order valence-electron chi connectivity index (χ0n) is 12.7. The number of carbonyl (C=O) groups excluding carboxylic acids is 1. The molecule has 20 heavy (non-hydrogen) atoms. The van der Waals surface area contributed by atoms with Crippen molar-refractivity contribution in [3.63, 3.8) is 0 Å². The monoisotopic (exact) mass is 275 g/mol. The molecular formula is C16H25N3O. The van der Waals surface area contributed by atoms with E-state index in [4.69, 9.17) is 0 Å². The van der Waals surface area contributed by atoms with Gasteiger partial charge in [-0.15, -0.1) is 0 Å². The predicted molar refractivity (Wildman–Crippen MR) is 81.6 cm³/mol. The van der Waals surface area contributed by atoms with Gasteiger partial charge < -0.3 is 10.2 Å². The van der Waals surface area contributed by atoms with Crippen LogP contribution in [0.25, 0.3) is 0 Å². The van der Waals surface area contributed by atoms with Gasteiger partial charge in [-0.05, 0) is 25.0 Å². The summed E-state index contributed by atoms with van der Waals surface area (Å²) in [7, 11) is 1.89. The van der Waals surface area contributed by atoms with Gasteiger partial charge in [0.1, 0.15) is 0 Å². The number of hydrogen-bond donors (Lipinski definition) is 1. The van der Waals surface area contributed by atoms with Crippen molar-refractivity contribution < 1.29 is 4.79 Å². The van der Waals surface area contributed by atoms with Gasteiger partial charge in [-0.2, -0.15) is 0 Å². The lowest BCUT2D eigenvalue weighted by atomic mass is 10.1. The normalized spacial score (nSPS) is 19.9. The summed E-state index contributed by atoms with van der Waals surface area (Å²) in [5, 5.41) is 3.35. The minimum Gasteiger partial charge on any atom is -0.340 e. The molecule has 4 heteroatoms. The molecule has 0 bridgehead atoms. The Labute approximate surface area is 121 Å². The average Bonchev–Trinajstić information content (AvgIpc) is 2.43. The van der Waals surface area contributed by atoms with E-state index in [1.54, 1.807) is 0 Å². The molecule has 1 amide bonds. The van der Waals surface area contributed by atoms with Gasteiger partial charge in [0.25, 0.3) is 0 Å². The van der Waals surface area contributed by atoms with Crippen LogP contribution in [-0.4, -0.2) is 55.0 Å². The number of hydrogen-bond acceptors (Lipinski definition) is 3. The highest BCUT2D eigenvalue weighted by molar-refractivity contribution is 5.78. The first-order valence-electron chi connectivity index (χ1n) is 7.31. The smallest absolute Gasteiger partial charge is 0.236 e. The third kappa shape index (κ3) is 3.81. The van der Waals surface area contributed by atoms with Gasteiger partial charge in [-0.3, -0.25) is 9.69 Å². The van der Waals surface area contributed by atoms with Crippen molar-refractivity contribution in [3.05, 3.63) is 35.4 Å². The standard InChI is InChI=1S/C16H25N3O/c1-13-6-4-5-7-15(13)11-18(3)16(20)12-19-9-8-17-10-14(19)2/h4-7,14,17H,8-12H2,1-3H3. The van der Waals surface area contributed by atoms with E-state index in [-0.39, 0.29) is 5.91 Å². The van der Waals surface area contributed by atoms with Crippen molar-refractivity contribution >= 4 is 5.91 Å². The molecule has 1 aromatic rings. The lowest BCUT2D eigenvalue weighted by molar-refractivity contribution is -0.132. The van der Waals surface area contributed by atoms with E-state index in [0.29, 0.717) is 19.1 Å². The molecule has 0 radical (unpaired) electrons. The highest BCUT2D eigenvalue weighted by Gasteiger charge is 2.21. The number of piperazine rings is 1. The highest BCUT2D eigenvalue weighted by Crippen LogP contribution is 2.10. The lowest BCUT2D eigenvalue weighted by Crippen LogP contribution is -2.52. The van der Waals surface area contributed by atoms with Crippen LogP contribution in [0.5, 0.6) is 0 Å². The maximum absolute atomic E-state index is 12.3. The minimum absolute atomic E-state index is 0.196. The Morgan fingerprint density at radius 1 is 1.45 bits per heavy atom. The summed E-state index contributed by atoms with van der Waals surface area (Å²) >= 11 is 0. The zero-order chi connectivity index (χ0) is 14.5. The van der Waals surface area contributed by atoms with Gasteiger partial charge in [0, 0.05) is 39.3 Å². The Balaban J connectivity index is 1.90. The first-order chi connectivity index (χ1) is 9.58. The summed E-state index contributed by atoms with van der Waals surface area (Å²) in [6.07, 6.45) is 0. The van der Waals surface area contributed by atoms with E-state index in [1.165, 1.54) is 11.1 Å². The van der Waals surface area contributed by atoms with Crippen molar-refractivity contribution in [1.29, 1.82) is 0 Å². The van der Waals surface area contributed by atoms with Crippen LogP contribution in [0.15, 0.2) is 24.3 Å². The van der Waals surface area contributed by atoms with Crippen molar-refractivity contribution in [2.75, 3.05) is 33.2 Å². The molecule has 2 rings (SSSR count). The van der Waals surface area contributed by atoms with Crippen molar-refractivity contribution in [3.8, 4) is 0 Å². The first-order valence-corrected chi connectivity index (χ1v) is 7.31. The number of carbonyl (C=O) groups is 1. The van der Waals surface area contributed by atoms with Crippen LogP contribution in [0.3, 0.4) is 0 Å². The molecule has 0 saturated carbocycles. The second-order valence-corrected chi connectivity index (χ2v) is 5.70. The van der Waals surface area contributed by atoms with E-state index in [9.17, 15) is 4.79 Å². The number of amides is 1. The van der Waals surface area contributed by atoms with Gasteiger partial charge in [-0.25, -0.2) is 0 Å². The molecule has 1 heterocycles. The molecular weight excluding hydrogens is 250 g/mol. The molecule has 1 atom stereocenters. The molecule has 1 aliphatic rings. The van der Waals surface area contributed by atoms with Gasteiger partial charge in [-0.1, -0.05) is 24.3 Å². The molecule has 0 aliphatic carbocycles. The zero-order valence-corrected chi connectivity index (χ0v) is 12.7. The number of benzene rings is 1. The Kier molecular flexibility index (Phi) is 5.15. The van der Waals surface area contributed by atoms with Gasteiger partial charge in [0.15, 0.2) is 0 Å². The van der Waals surface area contributed by atoms with Crippen LogP contribution in [0, 0.1) is 6.92 Å². The first kappa shape index (κ1) is 15.0. The third-order valence-electron chi connectivity index (χ3n) is 4.07. The molecule has 0 spiro atoms. The maximum atomic E-state index is 12.3. The second-order valence-electron chi connectivity index (χ2n) is 5.70. The number of aryl methyl sites for hydroxylation is 1. The number of likely N-dealkylation sites (N-methyl/N-ethyl adjacent to an activating group) is 1. The molecule has 4 nitrogen and oxygen atoms in total. The maximum Gasteiger partial charge on any atom is 0.236 e. The number of nitrogens with one attached hydrogen (secondary N) is 1. The summed E-state index contributed by atoms with van der Waals surface area (Å²) in [6, 6.07) is 8.67. The molecule has 0 aromatic heterocycles. The molecule has 110 valence electrons. The van der Waals surface area contributed by atoms with Crippen molar-refractivity contribution in [2.45, 2.75) is 26.4 Å². The topological polar surface area (TPSA) is 35.6 Å². The van der Waals surface area contributed by atoms with Crippen LogP contribution in [-0.2, 0) is 11.3 Å².